The first-order chi connectivity index (χ1) is 13.4. The number of pyridine rings is 1. The maximum atomic E-state index is 13.8. The summed E-state index contributed by atoms with van der Waals surface area (Å²) in [5.74, 6) is 0.362. The standard InChI is InChI=1S/C21H17FN2O4/c1-11-8-15(13(3)27-11)18-9-16(19-12(2)24-28-20(19)23-18)21(25)26-10-14-6-4-5-7-17(14)22/h4-9H,10H2,1-3H3. The maximum Gasteiger partial charge on any atom is 0.339 e. The van der Waals surface area contributed by atoms with Crippen LogP contribution in [0.25, 0.3) is 22.4 Å². The Kier molecular flexibility index (Phi) is 4.43. The Balaban J connectivity index is 1.74. The summed E-state index contributed by atoms with van der Waals surface area (Å²) in [5.41, 5.74) is 2.56. The van der Waals surface area contributed by atoms with Crippen molar-refractivity contribution in [2.45, 2.75) is 27.4 Å². The molecule has 3 heterocycles. The second-order valence-electron chi connectivity index (χ2n) is 6.50. The predicted octanol–water partition coefficient (Wildman–Crippen LogP) is 4.90. The van der Waals surface area contributed by atoms with E-state index in [4.69, 9.17) is 13.7 Å². The third kappa shape index (κ3) is 3.15. The third-order valence-corrected chi connectivity index (χ3v) is 4.47. The van der Waals surface area contributed by atoms with Gasteiger partial charge in [0.15, 0.2) is 0 Å². The topological polar surface area (TPSA) is 78.4 Å². The van der Waals surface area contributed by atoms with Crippen LogP contribution < -0.4 is 0 Å². The minimum absolute atomic E-state index is 0.182. The lowest BCUT2D eigenvalue weighted by molar-refractivity contribution is 0.0471. The van der Waals surface area contributed by atoms with Gasteiger partial charge in [-0.25, -0.2) is 14.2 Å². The van der Waals surface area contributed by atoms with Gasteiger partial charge in [-0.1, -0.05) is 23.4 Å². The van der Waals surface area contributed by atoms with Crippen molar-refractivity contribution in [1.82, 2.24) is 10.1 Å². The molecule has 0 spiro atoms. The zero-order chi connectivity index (χ0) is 19.8. The fraction of sp³-hybridized carbons (Fsp3) is 0.190. The highest BCUT2D eigenvalue weighted by atomic mass is 19.1. The SMILES string of the molecule is Cc1cc(-c2cc(C(=O)OCc3ccccc3F)c3c(C)noc3n2)c(C)o1. The summed E-state index contributed by atoms with van der Waals surface area (Å²) >= 11 is 0. The van der Waals surface area contributed by atoms with E-state index in [9.17, 15) is 9.18 Å². The van der Waals surface area contributed by atoms with Gasteiger partial charge in [0.1, 0.15) is 23.9 Å². The fourth-order valence-corrected chi connectivity index (χ4v) is 3.12. The number of benzene rings is 1. The van der Waals surface area contributed by atoms with Gasteiger partial charge in [-0.05, 0) is 39.0 Å². The van der Waals surface area contributed by atoms with Crippen LogP contribution in [0.1, 0.15) is 33.1 Å². The number of furan rings is 1. The zero-order valence-corrected chi connectivity index (χ0v) is 15.6. The molecule has 0 N–H and O–H groups in total. The number of hydrogen-bond acceptors (Lipinski definition) is 6. The molecule has 0 bridgehead atoms. The Hall–Kier alpha value is -3.48. The average molecular weight is 380 g/mol. The van der Waals surface area contributed by atoms with Crippen molar-refractivity contribution < 1.29 is 22.9 Å². The second kappa shape index (κ2) is 6.92. The van der Waals surface area contributed by atoms with Crippen LogP contribution in [0.2, 0.25) is 0 Å². The molecule has 0 fully saturated rings. The number of aromatic nitrogens is 2. The lowest BCUT2D eigenvalue weighted by Gasteiger charge is -2.08. The molecule has 0 unspecified atom stereocenters. The van der Waals surface area contributed by atoms with Crippen LogP contribution in [-0.4, -0.2) is 16.1 Å². The number of rotatable bonds is 4. The molecular formula is C21H17FN2O4. The molecule has 0 atom stereocenters. The third-order valence-electron chi connectivity index (χ3n) is 4.47. The van der Waals surface area contributed by atoms with Crippen molar-refractivity contribution >= 4 is 17.1 Å². The van der Waals surface area contributed by atoms with Crippen LogP contribution in [0.4, 0.5) is 4.39 Å². The highest BCUT2D eigenvalue weighted by Crippen LogP contribution is 2.31. The molecule has 0 amide bonds. The lowest BCUT2D eigenvalue weighted by Crippen LogP contribution is -2.08. The van der Waals surface area contributed by atoms with Crippen LogP contribution in [0.5, 0.6) is 0 Å². The van der Waals surface area contributed by atoms with Crippen LogP contribution in [0.3, 0.4) is 0 Å². The highest BCUT2D eigenvalue weighted by Gasteiger charge is 2.22. The van der Waals surface area contributed by atoms with Crippen LogP contribution in [0, 0.1) is 26.6 Å². The smallest absolute Gasteiger partial charge is 0.339 e. The molecule has 0 aliphatic carbocycles. The van der Waals surface area contributed by atoms with Gasteiger partial charge in [0.25, 0.3) is 5.71 Å². The largest absolute Gasteiger partial charge is 0.466 e. The number of esters is 1. The molecule has 1 aromatic carbocycles. The first-order valence-electron chi connectivity index (χ1n) is 8.69. The number of hydrogen-bond donors (Lipinski definition) is 0. The van der Waals surface area contributed by atoms with E-state index in [0.717, 1.165) is 11.3 Å². The van der Waals surface area contributed by atoms with E-state index < -0.39 is 11.8 Å². The molecule has 142 valence electrons. The van der Waals surface area contributed by atoms with Gasteiger partial charge >= 0.3 is 5.97 Å². The van der Waals surface area contributed by atoms with Gasteiger partial charge in [0, 0.05) is 11.1 Å². The Morgan fingerprint density at radius 2 is 1.96 bits per heavy atom. The lowest BCUT2D eigenvalue weighted by atomic mass is 10.1. The summed E-state index contributed by atoms with van der Waals surface area (Å²) < 4.78 is 30.0. The first kappa shape index (κ1) is 17.9. The van der Waals surface area contributed by atoms with E-state index in [-0.39, 0.29) is 17.9 Å². The summed E-state index contributed by atoms with van der Waals surface area (Å²) in [5, 5.41) is 4.38. The van der Waals surface area contributed by atoms with Gasteiger partial charge in [-0.2, -0.15) is 0 Å². The molecule has 4 rings (SSSR count). The van der Waals surface area contributed by atoms with E-state index >= 15 is 0 Å². The van der Waals surface area contributed by atoms with Crippen LogP contribution >= 0.6 is 0 Å². The average Bonchev–Trinajstić information content (AvgIpc) is 3.21. The number of ether oxygens (including phenoxy) is 1. The molecule has 0 aliphatic rings. The Bertz CT molecular complexity index is 1190. The van der Waals surface area contributed by atoms with Crippen molar-refractivity contribution in [3.63, 3.8) is 0 Å². The molecule has 6 nitrogen and oxygen atoms in total. The second-order valence-corrected chi connectivity index (χ2v) is 6.50. The van der Waals surface area contributed by atoms with E-state index in [1.165, 1.54) is 6.07 Å². The van der Waals surface area contributed by atoms with E-state index in [0.29, 0.717) is 28.1 Å². The summed E-state index contributed by atoms with van der Waals surface area (Å²) in [4.78, 5) is 17.3. The zero-order valence-electron chi connectivity index (χ0n) is 15.6. The van der Waals surface area contributed by atoms with Crippen LogP contribution in [-0.2, 0) is 11.3 Å². The van der Waals surface area contributed by atoms with Crippen molar-refractivity contribution in [2.75, 3.05) is 0 Å². The number of aryl methyl sites for hydroxylation is 3. The number of carbonyl (C=O) groups excluding carboxylic acids is 1. The Morgan fingerprint density at radius 1 is 1.18 bits per heavy atom. The van der Waals surface area contributed by atoms with Crippen molar-refractivity contribution in [3.05, 3.63) is 70.6 Å². The monoisotopic (exact) mass is 380 g/mol. The van der Waals surface area contributed by atoms with Gasteiger partial charge in [-0.15, -0.1) is 0 Å². The molecule has 0 radical (unpaired) electrons. The minimum Gasteiger partial charge on any atom is -0.466 e. The molecule has 0 saturated carbocycles. The van der Waals surface area contributed by atoms with Crippen molar-refractivity contribution in [1.29, 1.82) is 0 Å². The molecule has 0 aliphatic heterocycles. The number of nitrogens with zero attached hydrogens (tertiary/aromatic N) is 2. The van der Waals surface area contributed by atoms with E-state index in [2.05, 4.69) is 10.1 Å². The molecular weight excluding hydrogens is 363 g/mol. The van der Waals surface area contributed by atoms with Gasteiger partial charge in [0.2, 0.25) is 0 Å². The van der Waals surface area contributed by atoms with E-state index in [1.54, 1.807) is 31.2 Å². The molecule has 28 heavy (non-hydrogen) atoms. The fourth-order valence-electron chi connectivity index (χ4n) is 3.12. The minimum atomic E-state index is -0.610. The Morgan fingerprint density at radius 3 is 2.68 bits per heavy atom. The van der Waals surface area contributed by atoms with Crippen molar-refractivity contribution in [3.8, 4) is 11.3 Å². The molecule has 0 saturated heterocycles. The number of fused-ring (bicyclic) bond motifs is 1. The maximum absolute atomic E-state index is 13.8. The van der Waals surface area contributed by atoms with Gasteiger partial charge < -0.3 is 13.7 Å². The normalized spacial score (nSPS) is 11.1. The summed E-state index contributed by atoms with van der Waals surface area (Å²) in [6.45, 7) is 5.18. The van der Waals surface area contributed by atoms with Crippen molar-refractivity contribution in [2.24, 2.45) is 0 Å². The summed E-state index contributed by atoms with van der Waals surface area (Å²) in [6.07, 6.45) is 0. The van der Waals surface area contributed by atoms with Crippen LogP contribution in [0.15, 0.2) is 45.3 Å². The number of carbonyl (C=O) groups is 1. The highest BCUT2D eigenvalue weighted by molar-refractivity contribution is 6.04. The summed E-state index contributed by atoms with van der Waals surface area (Å²) in [6, 6.07) is 9.60. The quantitative estimate of drug-likeness (QED) is 0.468. The predicted molar refractivity (Wildman–Crippen MR) is 99.2 cm³/mol. The molecule has 3 aromatic heterocycles. The summed E-state index contributed by atoms with van der Waals surface area (Å²) in [7, 11) is 0. The van der Waals surface area contributed by atoms with E-state index in [1.807, 2.05) is 19.9 Å². The van der Waals surface area contributed by atoms with Gasteiger partial charge in [-0.3, -0.25) is 0 Å². The number of halogens is 1. The first-order valence-corrected chi connectivity index (χ1v) is 8.69. The van der Waals surface area contributed by atoms with Gasteiger partial charge in [0.05, 0.1) is 22.3 Å². The molecule has 4 aromatic rings. The molecule has 7 heteroatoms. The Labute approximate surface area is 159 Å².